The molecule has 0 aromatic heterocycles. The quantitative estimate of drug-likeness (QED) is 0.898. The maximum absolute atomic E-state index is 12.2. The molecule has 0 unspecified atom stereocenters. The molecule has 1 saturated heterocycles. The standard InChI is InChI=1S/C12H15F3N2O2.ClH/c1-18-11-3-2-8(19-12(13,14)15)6-9(11)10-7-16-4-5-17-10;/h2-3,6,10,16-17H,4-5,7H2,1H3;1H/t10-;/m1./s1. The number of nitrogens with one attached hydrogen (secondary N) is 2. The van der Waals surface area contributed by atoms with Crippen LogP contribution in [0.2, 0.25) is 0 Å². The number of halogens is 4. The van der Waals surface area contributed by atoms with Crippen molar-refractivity contribution in [1.82, 2.24) is 10.6 Å². The number of alkyl halides is 3. The molecule has 0 saturated carbocycles. The molecule has 20 heavy (non-hydrogen) atoms. The number of piperazine rings is 1. The topological polar surface area (TPSA) is 42.5 Å². The fourth-order valence-electron chi connectivity index (χ4n) is 2.06. The highest BCUT2D eigenvalue weighted by atomic mass is 35.5. The van der Waals surface area contributed by atoms with Gasteiger partial charge in [0, 0.05) is 31.2 Å². The normalized spacial score (nSPS) is 19.1. The van der Waals surface area contributed by atoms with Gasteiger partial charge in [-0.1, -0.05) is 0 Å². The predicted octanol–water partition coefficient (Wildman–Crippen LogP) is 2.25. The highest BCUT2D eigenvalue weighted by Crippen LogP contribution is 2.32. The van der Waals surface area contributed by atoms with Crippen LogP contribution in [0.15, 0.2) is 18.2 Å². The van der Waals surface area contributed by atoms with Crippen LogP contribution >= 0.6 is 12.4 Å². The summed E-state index contributed by atoms with van der Waals surface area (Å²) < 4.78 is 45.8. The van der Waals surface area contributed by atoms with E-state index >= 15 is 0 Å². The predicted molar refractivity (Wildman–Crippen MR) is 70.5 cm³/mol. The van der Waals surface area contributed by atoms with E-state index in [1.165, 1.54) is 25.3 Å². The van der Waals surface area contributed by atoms with E-state index in [1.807, 2.05) is 0 Å². The number of ether oxygens (including phenoxy) is 2. The van der Waals surface area contributed by atoms with Gasteiger partial charge in [0.2, 0.25) is 0 Å². The van der Waals surface area contributed by atoms with Crippen molar-refractivity contribution in [1.29, 1.82) is 0 Å². The average molecular weight is 313 g/mol. The van der Waals surface area contributed by atoms with Gasteiger partial charge >= 0.3 is 6.36 Å². The first kappa shape index (κ1) is 16.9. The van der Waals surface area contributed by atoms with Gasteiger partial charge in [0.1, 0.15) is 11.5 Å². The number of rotatable bonds is 3. The lowest BCUT2D eigenvalue weighted by Crippen LogP contribution is -2.42. The Kier molecular flexibility index (Phi) is 5.91. The third-order valence-electron chi connectivity index (χ3n) is 2.85. The molecular formula is C12H16ClF3N2O2. The zero-order valence-corrected chi connectivity index (χ0v) is 11.6. The summed E-state index contributed by atoms with van der Waals surface area (Å²) in [5.74, 6) is 0.298. The summed E-state index contributed by atoms with van der Waals surface area (Å²) >= 11 is 0. The Morgan fingerprint density at radius 2 is 2.00 bits per heavy atom. The molecular weight excluding hydrogens is 297 g/mol. The van der Waals surface area contributed by atoms with E-state index in [0.29, 0.717) is 17.9 Å². The van der Waals surface area contributed by atoms with E-state index in [-0.39, 0.29) is 24.2 Å². The molecule has 4 nitrogen and oxygen atoms in total. The second-order valence-corrected chi connectivity index (χ2v) is 4.16. The van der Waals surface area contributed by atoms with Crippen LogP contribution < -0.4 is 20.1 Å². The highest BCUT2D eigenvalue weighted by molar-refractivity contribution is 5.85. The molecule has 2 N–H and O–H groups in total. The molecule has 1 aromatic rings. The molecule has 0 amide bonds. The van der Waals surface area contributed by atoms with E-state index in [4.69, 9.17) is 4.74 Å². The van der Waals surface area contributed by atoms with Gasteiger partial charge in [0.25, 0.3) is 0 Å². The van der Waals surface area contributed by atoms with Crippen molar-refractivity contribution in [2.24, 2.45) is 0 Å². The fraction of sp³-hybridized carbons (Fsp3) is 0.500. The van der Waals surface area contributed by atoms with Crippen LogP contribution in [0.5, 0.6) is 11.5 Å². The zero-order chi connectivity index (χ0) is 13.9. The molecule has 114 valence electrons. The van der Waals surface area contributed by atoms with Gasteiger partial charge in [-0.05, 0) is 18.2 Å². The average Bonchev–Trinajstić information content (AvgIpc) is 2.38. The summed E-state index contributed by atoms with van der Waals surface area (Å²) in [6.07, 6.45) is -4.69. The van der Waals surface area contributed by atoms with E-state index in [1.54, 1.807) is 0 Å². The SMILES string of the molecule is COc1ccc(OC(F)(F)F)cc1[C@H]1CNCCN1.Cl. The molecule has 2 rings (SSSR count). The molecule has 8 heteroatoms. The number of benzene rings is 1. The molecule has 0 aliphatic carbocycles. The lowest BCUT2D eigenvalue weighted by molar-refractivity contribution is -0.274. The first-order valence-corrected chi connectivity index (χ1v) is 5.87. The van der Waals surface area contributed by atoms with Crippen LogP contribution in [0.3, 0.4) is 0 Å². The summed E-state index contributed by atoms with van der Waals surface area (Å²) in [4.78, 5) is 0. The van der Waals surface area contributed by atoms with E-state index in [2.05, 4.69) is 15.4 Å². The third kappa shape index (κ3) is 4.43. The molecule has 1 aliphatic heterocycles. The van der Waals surface area contributed by atoms with Crippen LogP contribution in [0, 0.1) is 0 Å². The first-order valence-electron chi connectivity index (χ1n) is 5.87. The lowest BCUT2D eigenvalue weighted by atomic mass is 10.0. The molecule has 1 heterocycles. The Bertz CT molecular complexity index is 437. The van der Waals surface area contributed by atoms with Gasteiger partial charge in [-0.25, -0.2) is 0 Å². The van der Waals surface area contributed by atoms with E-state index in [0.717, 1.165) is 13.1 Å². The monoisotopic (exact) mass is 312 g/mol. The molecule has 1 atom stereocenters. The minimum Gasteiger partial charge on any atom is -0.496 e. The van der Waals surface area contributed by atoms with Crippen LogP contribution in [0.4, 0.5) is 13.2 Å². The number of hydrogen-bond donors (Lipinski definition) is 2. The zero-order valence-electron chi connectivity index (χ0n) is 10.8. The number of hydrogen-bond acceptors (Lipinski definition) is 4. The maximum atomic E-state index is 12.2. The van der Waals surface area contributed by atoms with Crippen LogP contribution in [0.25, 0.3) is 0 Å². The van der Waals surface area contributed by atoms with Crippen molar-refractivity contribution in [2.75, 3.05) is 26.7 Å². The summed E-state index contributed by atoms with van der Waals surface area (Å²) in [5, 5.41) is 6.39. The first-order chi connectivity index (χ1) is 8.99. The van der Waals surface area contributed by atoms with Crippen molar-refractivity contribution in [3.63, 3.8) is 0 Å². The molecule has 0 spiro atoms. The van der Waals surface area contributed by atoms with Crippen molar-refractivity contribution < 1.29 is 22.6 Å². The van der Waals surface area contributed by atoms with Gasteiger partial charge in [-0.2, -0.15) is 0 Å². The molecule has 1 aliphatic rings. The smallest absolute Gasteiger partial charge is 0.496 e. The van der Waals surface area contributed by atoms with Gasteiger partial charge in [-0.3, -0.25) is 0 Å². The van der Waals surface area contributed by atoms with Crippen LogP contribution in [-0.2, 0) is 0 Å². The van der Waals surface area contributed by atoms with Crippen molar-refractivity contribution in [2.45, 2.75) is 12.4 Å². The lowest BCUT2D eigenvalue weighted by Gasteiger charge is -2.26. The van der Waals surface area contributed by atoms with Gasteiger partial charge in [0.05, 0.1) is 7.11 Å². The summed E-state index contributed by atoms with van der Waals surface area (Å²) in [5.41, 5.74) is 0.649. The van der Waals surface area contributed by atoms with Crippen molar-refractivity contribution in [3.8, 4) is 11.5 Å². The minimum atomic E-state index is -4.69. The van der Waals surface area contributed by atoms with Gasteiger partial charge in [-0.15, -0.1) is 25.6 Å². The molecule has 0 bridgehead atoms. The van der Waals surface area contributed by atoms with E-state index in [9.17, 15) is 13.2 Å². The molecule has 1 fully saturated rings. The summed E-state index contributed by atoms with van der Waals surface area (Å²) in [6, 6.07) is 3.98. The van der Waals surface area contributed by atoms with Crippen molar-refractivity contribution in [3.05, 3.63) is 23.8 Å². The van der Waals surface area contributed by atoms with Gasteiger partial charge < -0.3 is 20.1 Å². The van der Waals surface area contributed by atoms with Gasteiger partial charge in [0.15, 0.2) is 0 Å². The highest BCUT2D eigenvalue weighted by Gasteiger charge is 2.31. The Morgan fingerprint density at radius 3 is 2.55 bits per heavy atom. The molecule has 0 radical (unpaired) electrons. The number of methoxy groups -OCH3 is 1. The third-order valence-corrected chi connectivity index (χ3v) is 2.85. The summed E-state index contributed by atoms with van der Waals surface area (Å²) in [7, 11) is 1.49. The second-order valence-electron chi connectivity index (χ2n) is 4.16. The largest absolute Gasteiger partial charge is 0.573 e. The molecule has 1 aromatic carbocycles. The minimum absolute atomic E-state index is 0. The van der Waals surface area contributed by atoms with Crippen LogP contribution in [0.1, 0.15) is 11.6 Å². The Morgan fingerprint density at radius 1 is 1.25 bits per heavy atom. The fourth-order valence-corrected chi connectivity index (χ4v) is 2.06. The second kappa shape index (κ2) is 7.01. The Hall–Kier alpha value is -1.18. The maximum Gasteiger partial charge on any atom is 0.573 e. The summed E-state index contributed by atoms with van der Waals surface area (Å²) in [6.45, 7) is 2.21. The van der Waals surface area contributed by atoms with Crippen LogP contribution in [-0.4, -0.2) is 33.1 Å². The van der Waals surface area contributed by atoms with E-state index < -0.39 is 6.36 Å². The van der Waals surface area contributed by atoms with Crippen molar-refractivity contribution >= 4 is 12.4 Å². The Labute approximate surface area is 121 Å². The Balaban J connectivity index is 0.00000200.